The Morgan fingerprint density at radius 3 is 2.56 bits per heavy atom. The Hall–Kier alpha value is -2.29. The molecule has 0 saturated carbocycles. The average Bonchev–Trinajstić information content (AvgIpc) is 3.04. The molecule has 7 nitrogen and oxygen atoms in total. The molecule has 2 aromatic heterocycles. The molecule has 25 heavy (non-hydrogen) atoms. The second-order valence-electron chi connectivity index (χ2n) is 6.10. The molecule has 8 heteroatoms. The van der Waals surface area contributed by atoms with Crippen molar-refractivity contribution >= 4 is 20.9 Å². The Bertz CT molecular complexity index is 967. The van der Waals surface area contributed by atoms with Gasteiger partial charge in [0.1, 0.15) is 5.52 Å². The van der Waals surface area contributed by atoms with Gasteiger partial charge in [0.25, 0.3) is 10.0 Å². The molecule has 1 aromatic carbocycles. The lowest BCUT2D eigenvalue weighted by Crippen LogP contribution is -2.37. The van der Waals surface area contributed by atoms with E-state index in [-0.39, 0.29) is 10.9 Å². The van der Waals surface area contributed by atoms with Crippen molar-refractivity contribution in [2.24, 2.45) is 5.73 Å². The molecule has 2 N–H and O–H groups in total. The van der Waals surface area contributed by atoms with E-state index in [1.54, 1.807) is 42.7 Å². The number of hydrogen-bond donors (Lipinski definition) is 1. The van der Waals surface area contributed by atoms with Gasteiger partial charge in [0.15, 0.2) is 0 Å². The van der Waals surface area contributed by atoms with Crippen LogP contribution in [0.3, 0.4) is 0 Å². The first kappa shape index (κ1) is 17.5. The van der Waals surface area contributed by atoms with Crippen LogP contribution in [0.1, 0.15) is 5.69 Å². The smallest absolute Gasteiger partial charge is 0.283 e. The number of hydrogen-bond acceptors (Lipinski definition) is 6. The predicted octanol–water partition coefficient (Wildman–Crippen LogP) is 1.10. The highest BCUT2D eigenvalue weighted by Gasteiger charge is 2.21. The van der Waals surface area contributed by atoms with Crippen molar-refractivity contribution in [1.82, 2.24) is 19.1 Å². The van der Waals surface area contributed by atoms with Gasteiger partial charge >= 0.3 is 0 Å². The van der Waals surface area contributed by atoms with Gasteiger partial charge in [0, 0.05) is 30.1 Å². The molecule has 0 fully saturated rings. The van der Waals surface area contributed by atoms with Crippen LogP contribution in [0.15, 0.2) is 53.7 Å². The molecular formula is C17H21N5O2S. The Labute approximate surface area is 147 Å². The van der Waals surface area contributed by atoms with Crippen LogP contribution in [-0.2, 0) is 16.4 Å². The van der Waals surface area contributed by atoms with E-state index in [0.29, 0.717) is 18.5 Å². The summed E-state index contributed by atoms with van der Waals surface area (Å²) in [4.78, 5) is 6.65. The number of nitrogens with zero attached hydrogens (tertiary/aromatic N) is 4. The number of benzene rings is 1. The number of rotatable bonds is 6. The summed E-state index contributed by atoms with van der Waals surface area (Å²) in [6, 6.07) is 10.3. The van der Waals surface area contributed by atoms with E-state index in [9.17, 15) is 8.42 Å². The summed E-state index contributed by atoms with van der Waals surface area (Å²) in [6.07, 6.45) is 3.80. The Balaban J connectivity index is 1.98. The molecule has 0 aliphatic heterocycles. The minimum Gasteiger partial charge on any atom is -0.329 e. The van der Waals surface area contributed by atoms with Crippen molar-refractivity contribution in [2.45, 2.75) is 17.4 Å². The molecule has 1 atom stereocenters. The quantitative estimate of drug-likeness (QED) is 0.708. The minimum absolute atomic E-state index is 0.174. The predicted molar refractivity (Wildman–Crippen MR) is 96.8 cm³/mol. The lowest BCUT2D eigenvalue weighted by atomic mass is 10.1. The second kappa shape index (κ2) is 6.91. The van der Waals surface area contributed by atoms with Crippen molar-refractivity contribution < 1.29 is 8.42 Å². The minimum atomic E-state index is -3.74. The highest BCUT2D eigenvalue weighted by molar-refractivity contribution is 7.90. The first-order valence-corrected chi connectivity index (χ1v) is 9.37. The molecule has 2 heterocycles. The van der Waals surface area contributed by atoms with Crippen LogP contribution < -0.4 is 5.73 Å². The molecule has 0 amide bonds. The number of pyridine rings is 1. The monoisotopic (exact) mass is 359 g/mol. The number of aromatic nitrogens is 3. The number of fused-ring (bicyclic) bond motifs is 1. The van der Waals surface area contributed by atoms with Crippen LogP contribution in [-0.4, -0.2) is 54.2 Å². The lowest BCUT2D eigenvalue weighted by Gasteiger charge is -2.22. The van der Waals surface area contributed by atoms with Crippen molar-refractivity contribution in [2.75, 3.05) is 20.6 Å². The Kier molecular flexibility index (Phi) is 4.85. The normalized spacial score (nSPS) is 13.4. The van der Waals surface area contributed by atoms with Gasteiger partial charge in [-0.15, -0.1) is 0 Å². The van der Waals surface area contributed by atoms with Crippen LogP contribution in [0.25, 0.3) is 10.9 Å². The lowest BCUT2D eigenvalue weighted by molar-refractivity contribution is 0.296. The van der Waals surface area contributed by atoms with Crippen molar-refractivity contribution in [3.8, 4) is 0 Å². The molecule has 0 unspecified atom stereocenters. The Morgan fingerprint density at radius 2 is 1.92 bits per heavy atom. The molecule has 0 saturated heterocycles. The third kappa shape index (κ3) is 3.41. The molecule has 0 aliphatic rings. The van der Waals surface area contributed by atoms with E-state index in [2.05, 4.69) is 15.0 Å². The first-order valence-electron chi connectivity index (χ1n) is 7.93. The topological polar surface area (TPSA) is 94.1 Å². The fraction of sp³-hybridized carbons (Fsp3) is 0.294. The van der Waals surface area contributed by atoms with Crippen LogP contribution >= 0.6 is 0 Å². The summed E-state index contributed by atoms with van der Waals surface area (Å²) in [5.41, 5.74) is 7.11. The highest BCUT2D eigenvalue weighted by Crippen LogP contribution is 2.20. The zero-order valence-electron chi connectivity index (χ0n) is 14.2. The van der Waals surface area contributed by atoms with Crippen LogP contribution in [0.4, 0.5) is 0 Å². The maximum atomic E-state index is 12.8. The fourth-order valence-corrected chi connectivity index (χ4v) is 3.95. The summed E-state index contributed by atoms with van der Waals surface area (Å²) >= 11 is 0. The largest absolute Gasteiger partial charge is 0.329 e. The van der Waals surface area contributed by atoms with Crippen molar-refractivity contribution in [3.05, 3.63) is 54.5 Å². The molecule has 0 spiro atoms. The van der Waals surface area contributed by atoms with Gasteiger partial charge in [-0.25, -0.2) is 0 Å². The summed E-state index contributed by atoms with van der Waals surface area (Å²) in [5, 5.41) is 4.81. The van der Waals surface area contributed by atoms with Crippen LogP contribution in [0, 0.1) is 0 Å². The molecule has 3 aromatic rings. The van der Waals surface area contributed by atoms with Crippen LogP contribution in [0.5, 0.6) is 0 Å². The summed E-state index contributed by atoms with van der Waals surface area (Å²) in [7, 11) is 0.207. The average molecular weight is 359 g/mol. The molecule has 3 rings (SSSR count). The summed E-state index contributed by atoms with van der Waals surface area (Å²) in [6.45, 7) is 0.522. The maximum Gasteiger partial charge on any atom is 0.283 e. The van der Waals surface area contributed by atoms with Crippen LogP contribution in [0.2, 0.25) is 0 Å². The molecule has 0 bridgehead atoms. The second-order valence-corrected chi connectivity index (χ2v) is 7.86. The van der Waals surface area contributed by atoms with Gasteiger partial charge in [-0.1, -0.05) is 18.2 Å². The van der Waals surface area contributed by atoms with Gasteiger partial charge in [0.2, 0.25) is 0 Å². The third-order valence-corrected chi connectivity index (χ3v) is 5.81. The van der Waals surface area contributed by atoms with Gasteiger partial charge < -0.3 is 10.6 Å². The summed E-state index contributed by atoms with van der Waals surface area (Å²) in [5.74, 6) is 0. The molecule has 132 valence electrons. The van der Waals surface area contributed by atoms with Gasteiger partial charge in [0.05, 0.1) is 17.3 Å². The Morgan fingerprint density at radius 1 is 1.20 bits per heavy atom. The standard InChI is InChI=1S/C17H21N5O2S/c1-21(2)15(10-18)9-14-8-13-11-20-22(17(13)12-19-14)25(23,24)16-6-4-3-5-7-16/h3-8,11-12,15H,9-10,18H2,1-2H3/t15-/m0/s1. The highest BCUT2D eigenvalue weighted by atomic mass is 32.2. The van der Waals surface area contributed by atoms with Gasteiger partial charge in [-0.2, -0.15) is 17.6 Å². The zero-order valence-corrected chi connectivity index (χ0v) is 15.0. The molecular weight excluding hydrogens is 338 g/mol. The SMILES string of the molecule is CN(C)[C@H](CN)Cc1cc2cnn(S(=O)(=O)c3ccccc3)c2cn1. The zero-order chi connectivity index (χ0) is 18.0. The third-order valence-electron chi connectivity index (χ3n) is 4.19. The van der Waals surface area contributed by atoms with Gasteiger partial charge in [-0.3, -0.25) is 4.98 Å². The van der Waals surface area contributed by atoms with Crippen molar-refractivity contribution in [3.63, 3.8) is 0 Å². The maximum absolute atomic E-state index is 12.8. The first-order chi connectivity index (χ1) is 11.9. The number of likely N-dealkylation sites (N-methyl/N-ethyl adjacent to an activating group) is 1. The van der Waals surface area contributed by atoms with Crippen molar-refractivity contribution in [1.29, 1.82) is 0 Å². The van der Waals surface area contributed by atoms with E-state index in [1.807, 2.05) is 20.2 Å². The molecule has 0 radical (unpaired) electrons. The molecule has 0 aliphatic carbocycles. The van der Waals surface area contributed by atoms with E-state index in [4.69, 9.17) is 5.73 Å². The fourth-order valence-electron chi connectivity index (χ4n) is 2.66. The van der Waals surface area contributed by atoms with E-state index in [1.165, 1.54) is 0 Å². The number of nitrogens with two attached hydrogens (primary N) is 1. The van der Waals surface area contributed by atoms with E-state index < -0.39 is 10.0 Å². The van der Waals surface area contributed by atoms with E-state index >= 15 is 0 Å². The summed E-state index contributed by atoms with van der Waals surface area (Å²) < 4.78 is 26.5. The van der Waals surface area contributed by atoms with E-state index in [0.717, 1.165) is 15.2 Å². The van der Waals surface area contributed by atoms with Gasteiger partial charge in [-0.05, 0) is 32.3 Å².